The van der Waals surface area contributed by atoms with Crippen molar-refractivity contribution in [2.75, 3.05) is 27.3 Å². The Balaban J connectivity index is 2.24. The summed E-state index contributed by atoms with van der Waals surface area (Å²) in [6.07, 6.45) is 0.827. The van der Waals surface area contributed by atoms with Crippen LogP contribution in [0.2, 0.25) is 0 Å². The number of methoxy groups -OCH3 is 2. The molecule has 0 radical (unpaired) electrons. The summed E-state index contributed by atoms with van der Waals surface area (Å²) >= 11 is 0. The molecular weight excluding hydrogens is 322 g/mol. The van der Waals surface area contributed by atoms with Crippen molar-refractivity contribution >= 4 is 5.91 Å². The van der Waals surface area contributed by atoms with Crippen molar-refractivity contribution < 1.29 is 27.8 Å². The van der Waals surface area contributed by atoms with Gasteiger partial charge in [-0.3, -0.25) is 4.79 Å². The lowest BCUT2D eigenvalue weighted by atomic mass is 9.95. The Labute approximate surface area is 139 Å². The number of hydrogen-bond acceptors (Lipinski definition) is 5. The van der Waals surface area contributed by atoms with E-state index in [1.165, 1.54) is 26.4 Å². The summed E-state index contributed by atoms with van der Waals surface area (Å²) in [6.45, 7) is 0.697. The molecule has 0 saturated carbocycles. The molecule has 1 aliphatic rings. The molecule has 0 aliphatic carbocycles. The van der Waals surface area contributed by atoms with Crippen molar-refractivity contribution in [3.8, 4) is 17.2 Å². The monoisotopic (exact) mass is 344 g/mol. The molecule has 24 heavy (non-hydrogen) atoms. The van der Waals surface area contributed by atoms with Crippen LogP contribution in [-0.2, 0) is 0 Å². The first-order chi connectivity index (χ1) is 11.5. The minimum Gasteiger partial charge on any atom is -0.493 e. The van der Waals surface area contributed by atoms with Crippen LogP contribution in [0.3, 0.4) is 0 Å². The lowest BCUT2D eigenvalue weighted by molar-refractivity contribution is -0.0526. The molecule has 1 heterocycles. The lowest BCUT2D eigenvalue weighted by Crippen LogP contribution is -2.48. The first kappa shape index (κ1) is 18.3. The number of amides is 1. The van der Waals surface area contributed by atoms with E-state index in [1.807, 2.05) is 0 Å². The average Bonchev–Trinajstić information content (AvgIpc) is 2.56. The molecule has 1 amide bonds. The van der Waals surface area contributed by atoms with Gasteiger partial charge in [0.2, 0.25) is 5.75 Å². The highest BCUT2D eigenvalue weighted by Crippen LogP contribution is 2.39. The first-order valence-electron chi connectivity index (χ1n) is 7.68. The molecule has 1 fully saturated rings. The average molecular weight is 344 g/mol. The second kappa shape index (κ2) is 8.14. The second-order valence-corrected chi connectivity index (χ2v) is 5.64. The quantitative estimate of drug-likeness (QED) is 0.826. The zero-order valence-electron chi connectivity index (χ0n) is 13.9. The number of rotatable bonds is 6. The number of alkyl halides is 2. The molecule has 8 heteroatoms. The van der Waals surface area contributed by atoms with E-state index in [4.69, 9.17) is 9.47 Å². The van der Waals surface area contributed by atoms with E-state index in [1.54, 1.807) is 0 Å². The van der Waals surface area contributed by atoms with Gasteiger partial charge in [-0.15, -0.1) is 0 Å². The summed E-state index contributed by atoms with van der Waals surface area (Å²) < 4.78 is 39.7. The number of benzene rings is 1. The topological polar surface area (TPSA) is 68.8 Å². The highest BCUT2D eigenvalue weighted by Gasteiger charge is 2.25. The maximum Gasteiger partial charge on any atom is 0.387 e. The van der Waals surface area contributed by atoms with Crippen LogP contribution in [0, 0.1) is 5.92 Å². The van der Waals surface area contributed by atoms with Gasteiger partial charge in [0.1, 0.15) is 0 Å². The van der Waals surface area contributed by atoms with Gasteiger partial charge in [0.15, 0.2) is 11.5 Å². The van der Waals surface area contributed by atoms with Gasteiger partial charge in [-0.1, -0.05) is 6.92 Å². The minimum atomic E-state index is -3.02. The van der Waals surface area contributed by atoms with Gasteiger partial charge in [0.25, 0.3) is 5.91 Å². The third-order valence-corrected chi connectivity index (χ3v) is 4.03. The van der Waals surface area contributed by atoms with Gasteiger partial charge < -0.3 is 24.8 Å². The van der Waals surface area contributed by atoms with E-state index in [2.05, 4.69) is 22.3 Å². The predicted molar refractivity (Wildman–Crippen MR) is 84.1 cm³/mol. The Kier molecular flexibility index (Phi) is 6.19. The third-order valence-electron chi connectivity index (χ3n) is 4.03. The molecule has 0 bridgehead atoms. The standard InChI is InChI=1S/C16H22F2N2O4/c1-9-8-19-5-4-11(9)20-15(21)10-6-12(22-2)14(24-16(17)18)13(7-10)23-3/h6-7,9,11,16,19H,4-5,8H2,1-3H3,(H,20,21). The fourth-order valence-corrected chi connectivity index (χ4v) is 2.70. The zero-order chi connectivity index (χ0) is 17.7. The van der Waals surface area contributed by atoms with Gasteiger partial charge in [0.05, 0.1) is 14.2 Å². The Bertz CT molecular complexity index is 558. The van der Waals surface area contributed by atoms with Crippen LogP contribution in [0.15, 0.2) is 12.1 Å². The molecule has 2 N–H and O–H groups in total. The molecule has 2 atom stereocenters. The van der Waals surface area contributed by atoms with Crippen molar-refractivity contribution in [3.63, 3.8) is 0 Å². The molecule has 134 valence electrons. The van der Waals surface area contributed by atoms with Crippen LogP contribution in [0.1, 0.15) is 23.7 Å². The number of ether oxygens (including phenoxy) is 3. The third kappa shape index (κ3) is 4.25. The Hall–Kier alpha value is -2.09. The zero-order valence-corrected chi connectivity index (χ0v) is 13.9. The van der Waals surface area contributed by atoms with Crippen molar-refractivity contribution in [1.29, 1.82) is 0 Å². The lowest BCUT2D eigenvalue weighted by Gasteiger charge is -2.30. The number of piperidine rings is 1. The van der Waals surface area contributed by atoms with E-state index < -0.39 is 6.61 Å². The van der Waals surface area contributed by atoms with Crippen molar-refractivity contribution in [2.24, 2.45) is 5.92 Å². The summed E-state index contributed by atoms with van der Waals surface area (Å²) in [6, 6.07) is 2.77. The molecular formula is C16H22F2N2O4. The molecule has 0 aromatic heterocycles. The summed E-state index contributed by atoms with van der Waals surface area (Å²) in [4.78, 5) is 12.5. The highest BCUT2D eigenvalue weighted by atomic mass is 19.3. The first-order valence-corrected chi connectivity index (χ1v) is 7.68. The second-order valence-electron chi connectivity index (χ2n) is 5.64. The van der Waals surface area contributed by atoms with Crippen LogP contribution < -0.4 is 24.8 Å². The maximum absolute atomic E-state index is 12.5. The van der Waals surface area contributed by atoms with Crippen LogP contribution in [0.25, 0.3) is 0 Å². The molecule has 2 rings (SSSR count). The van der Waals surface area contributed by atoms with Crippen LogP contribution in [0.5, 0.6) is 17.2 Å². The molecule has 1 aromatic rings. The molecule has 1 saturated heterocycles. The van der Waals surface area contributed by atoms with Gasteiger partial charge in [-0.05, 0) is 37.6 Å². The molecule has 1 aromatic carbocycles. The normalized spacial score (nSPS) is 20.6. The maximum atomic E-state index is 12.5. The number of nitrogens with one attached hydrogen (secondary N) is 2. The SMILES string of the molecule is COc1cc(C(=O)NC2CCNCC2C)cc(OC)c1OC(F)F. The fraction of sp³-hybridized carbons (Fsp3) is 0.562. The van der Waals surface area contributed by atoms with Crippen molar-refractivity contribution in [3.05, 3.63) is 17.7 Å². The van der Waals surface area contributed by atoms with E-state index in [-0.39, 0.29) is 34.8 Å². The molecule has 0 spiro atoms. The van der Waals surface area contributed by atoms with Gasteiger partial charge in [-0.2, -0.15) is 8.78 Å². The molecule has 2 unspecified atom stereocenters. The van der Waals surface area contributed by atoms with E-state index in [0.717, 1.165) is 19.5 Å². The van der Waals surface area contributed by atoms with Crippen LogP contribution in [0.4, 0.5) is 8.78 Å². The molecule has 1 aliphatic heterocycles. The van der Waals surface area contributed by atoms with E-state index in [9.17, 15) is 13.6 Å². The minimum absolute atomic E-state index is 0.0122. The summed E-state index contributed by atoms with van der Waals surface area (Å²) in [5.41, 5.74) is 0.260. The fourth-order valence-electron chi connectivity index (χ4n) is 2.70. The smallest absolute Gasteiger partial charge is 0.387 e. The largest absolute Gasteiger partial charge is 0.493 e. The number of hydrogen-bond donors (Lipinski definition) is 2. The summed E-state index contributed by atoms with van der Waals surface area (Å²) in [5.74, 6) is -0.222. The van der Waals surface area contributed by atoms with Gasteiger partial charge >= 0.3 is 6.61 Å². The Morgan fingerprint density at radius 2 is 1.92 bits per heavy atom. The number of halogens is 2. The molecule has 6 nitrogen and oxygen atoms in total. The summed E-state index contributed by atoms with van der Waals surface area (Å²) in [5, 5.41) is 6.23. The highest BCUT2D eigenvalue weighted by molar-refractivity contribution is 5.95. The van der Waals surface area contributed by atoms with Gasteiger partial charge in [0, 0.05) is 11.6 Å². The van der Waals surface area contributed by atoms with Gasteiger partial charge in [-0.25, -0.2) is 0 Å². The van der Waals surface area contributed by atoms with Crippen LogP contribution in [-0.4, -0.2) is 45.9 Å². The van der Waals surface area contributed by atoms with E-state index >= 15 is 0 Å². The Morgan fingerprint density at radius 1 is 1.29 bits per heavy atom. The Morgan fingerprint density at radius 3 is 2.42 bits per heavy atom. The predicted octanol–water partition coefficient (Wildman–Crippen LogP) is 2.03. The number of carbonyl (C=O) groups is 1. The van der Waals surface area contributed by atoms with Crippen LogP contribution >= 0.6 is 0 Å². The van der Waals surface area contributed by atoms with Crippen molar-refractivity contribution in [1.82, 2.24) is 10.6 Å². The summed E-state index contributed by atoms with van der Waals surface area (Å²) in [7, 11) is 2.62. The number of carbonyl (C=O) groups excluding carboxylic acids is 1. The van der Waals surface area contributed by atoms with Crippen molar-refractivity contribution in [2.45, 2.75) is 26.0 Å². The van der Waals surface area contributed by atoms with E-state index in [0.29, 0.717) is 5.92 Å².